The van der Waals surface area contributed by atoms with E-state index in [1.54, 1.807) is 0 Å². The third kappa shape index (κ3) is 3.94. The molecule has 1 amide bonds. The van der Waals surface area contributed by atoms with Gasteiger partial charge in [-0.25, -0.2) is 8.78 Å². The Morgan fingerprint density at radius 1 is 1.50 bits per heavy atom. The summed E-state index contributed by atoms with van der Waals surface area (Å²) in [4.78, 5) is 11.3. The Hall–Kier alpha value is -1.49. The second kappa shape index (κ2) is 5.55. The zero-order chi connectivity index (χ0) is 12.1. The summed E-state index contributed by atoms with van der Waals surface area (Å²) in [6.07, 6.45) is -0.819. The first-order valence-electron chi connectivity index (χ1n) is 4.87. The number of benzene rings is 1. The van der Waals surface area contributed by atoms with Gasteiger partial charge in [0.25, 0.3) is 0 Å². The molecule has 0 aromatic heterocycles. The molecule has 0 saturated carbocycles. The van der Waals surface area contributed by atoms with Gasteiger partial charge in [0.2, 0.25) is 5.91 Å². The Labute approximate surface area is 92.1 Å². The third-order valence-corrected chi connectivity index (χ3v) is 1.96. The maximum Gasteiger partial charge on any atom is 0.224 e. The number of hydrogen-bond donors (Lipinski definition) is 2. The molecule has 0 aliphatic carbocycles. The fourth-order valence-corrected chi connectivity index (χ4v) is 1.16. The Kier molecular flexibility index (Phi) is 4.37. The zero-order valence-corrected chi connectivity index (χ0v) is 8.84. The number of nitrogens with one attached hydrogen (secondary N) is 1. The lowest BCUT2D eigenvalue weighted by Crippen LogP contribution is -2.31. The van der Waals surface area contributed by atoms with Crippen molar-refractivity contribution in [3.05, 3.63) is 35.4 Å². The number of rotatable bonds is 4. The second-order valence-electron chi connectivity index (χ2n) is 3.57. The summed E-state index contributed by atoms with van der Waals surface area (Å²) in [7, 11) is 0. The largest absolute Gasteiger partial charge is 0.392 e. The van der Waals surface area contributed by atoms with Gasteiger partial charge in [-0.3, -0.25) is 4.79 Å². The fraction of sp³-hybridized carbons (Fsp3) is 0.364. The maximum atomic E-state index is 13.1. The topological polar surface area (TPSA) is 49.3 Å². The summed E-state index contributed by atoms with van der Waals surface area (Å²) in [5.41, 5.74) is 0.129. The molecule has 0 saturated heterocycles. The molecule has 1 aromatic carbocycles. The zero-order valence-electron chi connectivity index (χ0n) is 8.84. The van der Waals surface area contributed by atoms with E-state index in [0.29, 0.717) is 0 Å². The Morgan fingerprint density at radius 2 is 2.19 bits per heavy atom. The first-order chi connectivity index (χ1) is 7.49. The summed E-state index contributed by atoms with van der Waals surface area (Å²) in [5.74, 6) is -1.83. The number of aliphatic hydroxyl groups excluding tert-OH is 1. The minimum absolute atomic E-state index is 0.113. The maximum absolute atomic E-state index is 13.1. The van der Waals surface area contributed by atoms with Gasteiger partial charge in [-0.15, -0.1) is 0 Å². The molecule has 0 fully saturated rings. The van der Waals surface area contributed by atoms with Crippen molar-refractivity contribution >= 4 is 5.91 Å². The minimum atomic E-state index is -0.743. The van der Waals surface area contributed by atoms with Crippen molar-refractivity contribution in [1.29, 1.82) is 0 Å². The lowest BCUT2D eigenvalue weighted by molar-refractivity contribution is -0.120. The molecule has 3 nitrogen and oxygen atoms in total. The Bertz CT molecular complexity index is 380. The van der Waals surface area contributed by atoms with Gasteiger partial charge in [0.1, 0.15) is 11.6 Å². The molecular weight excluding hydrogens is 216 g/mol. The van der Waals surface area contributed by atoms with Gasteiger partial charge in [0, 0.05) is 12.6 Å². The molecule has 0 heterocycles. The van der Waals surface area contributed by atoms with Gasteiger partial charge >= 0.3 is 0 Å². The second-order valence-corrected chi connectivity index (χ2v) is 3.57. The molecule has 0 aliphatic rings. The molecule has 1 aromatic rings. The van der Waals surface area contributed by atoms with Gasteiger partial charge in [-0.05, 0) is 18.6 Å². The Balaban J connectivity index is 2.56. The summed E-state index contributed by atoms with van der Waals surface area (Å²) in [6.45, 7) is 1.64. The van der Waals surface area contributed by atoms with Crippen LogP contribution in [0.15, 0.2) is 18.2 Å². The molecule has 1 rings (SSSR count). The molecular formula is C11H13F2NO2. The number of carbonyl (C=O) groups excluding carboxylic acids is 1. The molecule has 5 heteroatoms. The van der Waals surface area contributed by atoms with Crippen LogP contribution in [-0.2, 0) is 11.2 Å². The number of hydrogen-bond acceptors (Lipinski definition) is 2. The predicted molar refractivity (Wildman–Crippen MR) is 54.8 cm³/mol. The number of carbonyl (C=O) groups is 1. The van der Waals surface area contributed by atoms with E-state index in [-0.39, 0.29) is 18.5 Å². The lowest BCUT2D eigenvalue weighted by atomic mass is 10.1. The van der Waals surface area contributed by atoms with E-state index in [0.717, 1.165) is 12.1 Å². The smallest absolute Gasteiger partial charge is 0.224 e. The van der Waals surface area contributed by atoms with Gasteiger partial charge in [-0.2, -0.15) is 0 Å². The highest BCUT2D eigenvalue weighted by molar-refractivity contribution is 5.78. The SMILES string of the molecule is C[C@@H](O)CNC(=O)Cc1ccc(F)cc1F. The van der Waals surface area contributed by atoms with Crippen molar-refractivity contribution in [2.45, 2.75) is 19.4 Å². The van der Waals surface area contributed by atoms with Crippen molar-refractivity contribution in [2.75, 3.05) is 6.54 Å². The van der Waals surface area contributed by atoms with E-state index in [1.807, 2.05) is 0 Å². The molecule has 0 unspecified atom stereocenters. The lowest BCUT2D eigenvalue weighted by Gasteiger charge is -2.07. The first kappa shape index (κ1) is 12.6. The van der Waals surface area contributed by atoms with Gasteiger partial charge < -0.3 is 10.4 Å². The Morgan fingerprint density at radius 3 is 2.75 bits per heavy atom. The van der Waals surface area contributed by atoms with Crippen LogP contribution in [0.2, 0.25) is 0 Å². The van der Waals surface area contributed by atoms with E-state index in [2.05, 4.69) is 5.32 Å². The number of halogens is 2. The summed E-state index contributed by atoms with van der Waals surface area (Å²) >= 11 is 0. The molecule has 1 atom stereocenters. The molecule has 16 heavy (non-hydrogen) atoms. The predicted octanol–water partition coefficient (Wildman–Crippen LogP) is 1.00. The van der Waals surface area contributed by atoms with E-state index < -0.39 is 23.6 Å². The highest BCUT2D eigenvalue weighted by Gasteiger charge is 2.09. The standard InChI is InChI=1S/C11H13F2NO2/c1-7(15)6-14-11(16)4-8-2-3-9(12)5-10(8)13/h2-3,5,7,15H,4,6H2,1H3,(H,14,16)/t7-/m1/s1. The van der Waals surface area contributed by atoms with Crippen molar-refractivity contribution in [3.8, 4) is 0 Å². The van der Waals surface area contributed by atoms with E-state index >= 15 is 0 Å². The van der Waals surface area contributed by atoms with Crippen LogP contribution < -0.4 is 5.32 Å². The fourth-order valence-electron chi connectivity index (χ4n) is 1.16. The molecule has 0 aliphatic heterocycles. The average Bonchev–Trinajstić information content (AvgIpc) is 2.19. The summed E-state index contributed by atoms with van der Waals surface area (Å²) in [6, 6.07) is 3.06. The van der Waals surface area contributed by atoms with Crippen LogP contribution in [-0.4, -0.2) is 23.7 Å². The minimum Gasteiger partial charge on any atom is -0.392 e. The van der Waals surface area contributed by atoms with Gasteiger partial charge in [0.05, 0.1) is 12.5 Å². The third-order valence-electron chi connectivity index (χ3n) is 1.96. The van der Waals surface area contributed by atoms with Crippen LogP contribution in [0.25, 0.3) is 0 Å². The summed E-state index contributed by atoms with van der Waals surface area (Å²) in [5, 5.41) is 11.3. The monoisotopic (exact) mass is 229 g/mol. The molecule has 0 bridgehead atoms. The normalized spacial score (nSPS) is 12.2. The van der Waals surface area contributed by atoms with Gasteiger partial charge in [-0.1, -0.05) is 6.07 Å². The molecule has 88 valence electrons. The van der Waals surface area contributed by atoms with Crippen LogP contribution in [0.5, 0.6) is 0 Å². The van der Waals surface area contributed by atoms with E-state index in [4.69, 9.17) is 5.11 Å². The molecule has 0 spiro atoms. The van der Waals surface area contributed by atoms with Crippen molar-refractivity contribution in [2.24, 2.45) is 0 Å². The van der Waals surface area contributed by atoms with E-state index in [9.17, 15) is 13.6 Å². The quantitative estimate of drug-likeness (QED) is 0.809. The van der Waals surface area contributed by atoms with Crippen LogP contribution in [0.3, 0.4) is 0 Å². The van der Waals surface area contributed by atoms with Crippen LogP contribution in [0.4, 0.5) is 8.78 Å². The van der Waals surface area contributed by atoms with Gasteiger partial charge in [0.15, 0.2) is 0 Å². The van der Waals surface area contributed by atoms with E-state index in [1.165, 1.54) is 13.0 Å². The molecule has 0 radical (unpaired) electrons. The molecule has 2 N–H and O–H groups in total. The highest BCUT2D eigenvalue weighted by atomic mass is 19.1. The van der Waals surface area contributed by atoms with Crippen molar-refractivity contribution in [3.63, 3.8) is 0 Å². The van der Waals surface area contributed by atoms with Crippen molar-refractivity contribution in [1.82, 2.24) is 5.32 Å². The summed E-state index contributed by atoms with van der Waals surface area (Å²) < 4.78 is 25.7. The van der Waals surface area contributed by atoms with Crippen LogP contribution in [0.1, 0.15) is 12.5 Å². The number of amides is 1. The highest BCUT2D eigenvalue weighted by Crippen LogP contribution is 2.09. The first-order valence-corrected chi connectivity index (χ1v) is 4.87. The van der Waals surface area contributed by atoms with Crippen LogP contribution >= 0.6 is 0 Å². The van der Waals surface area contributed by atoms with Crippen molar-refractivity contribution < 1.29 is 18.7 Å². The average molecular weight is 229 g/mol. The number of aliphatic hydroxyl groups is 1. The van der Waals surface area contributed by atoms with Crippen LogP contribution in [0, 0.1) is 11.6 Å².